The lowest BCUT2D eigenvalue weighted by atomic mass is 9.98. The summed E-state index contributed by atoms with van der Waals surface area (Å²) in [7, 11) is 0. The number of aryl methyl sites for hydroxylation is 1. The number of hydrogen-bond donors (Lipinski definition) is 0. The van der Waals surface area contributed by atoms with E-state index in [0.29, 0.717) is 21.2 Å². The highest BCUT2D eigenvalue weighted by atomic mass is 35.5. The van der Waals surface area contributed by atoms with E-state index in [1.807, 2.05) is 29.8 Å². The average molecular weight is 547 g/mol. The normalized spacial score (nSPS) is 10.9. The van der Waals surface area contributed by atoms with Gasteiger partial charge in [0.25, 0.3) is 0 Å². The van der Waals surface area contributed by atoms with Crippen LogP contribution in [0.4, 0.5) is 0 Å². The molecule has 0 amide bonds. The summed E-state index contributed by atoms with van der Waals surface area (Å²) in [4.78, 5) is 21.2. The molecule has 0 saturated heterocycles. The molecule has 0 bridgehead atoms. The molecule has 4 aromatic rings. The summed E-state index contributed by atoms with van der Waals surface area (Å²) in [5.41, 5.74) is 6.48. The predicted molar refractivity (Wildman–Crippen MR) is 145 cm³/mol. The zero-order valence-corrected chi connectivity index (χ0v) is 23.1. The monoisotopic (exact) mass is 545 g/mol. The van der Waals surface area contributed by atoms with Crippen LogP contribution >= 0.6 is 46.3 Å². The van der Waals surface area contributed by atoms with Crippen LogP contribution < -0.4 is 0 Å². The maximum absolute atomic E-state index is 8.12. The van der Waals surface area contributed by atoms with Crippen LogP contribution in [0.5, 0.6) is 0 Å². The molecule has 0 saturated carbocycles. The van der Waals surface area contributed by atoms with Crippen molar-refractivity contribution in [3.63, 3.8) is 0 Å². The molecule has 182 valence electrons. The van der Waals surface area contributed by atoms with Crippen LogP contribution in [0.3, 0.4) is 0 Å². The maximum atomic E-state index is 8.12. The molecule has 0 aliphatic rings. The molecule has 2 aromatic heterocycles. The number of rotatable bonds is 6. The Balaban J connectivity index is 0.00000108. The summed E-state index contributed by atoms with van der Waals surface area (Å²) in [6.07, 6.45) is 2.33. The zero-order chi connectivity index (χ0) is 25.7. The van der Waals surface area contributed by atoms with E-state index >= 15 is 0 Å². The summed E-state index contributed by atoms with van der Waals surface area (Å²) in [6, 6.07) is 14.3. The number of aromatic nitrogens is 3. The standard InChI is InChI=1S/C25H25Cl2N3S2.CO2/c1-14(2)17-7-6-8-18(11-17)20-13-30(29-16(20)5)25-28-23(24(32-25)31-15(3)4)19-9-10-21(26)22(27)12-19;2-1-3/h6-15H,1-5H3;. The SMILES string of the molecule is Cc1nn(-c2nc(-c3ccc(Cl)c(Cl)c3)c(SC(C)C)s2)cc1-c1cccc(C(C)C)c1.O=C=O. The highest BCUT2D eigenvalue weighted by molar-refractivity contribution is 8.01. The van der Waals surface area contributed by atoms with Crippen LogP contribution in [-0.4, -0.2) is 26.2 Å². The Kier molecular flexibility index (Phi) is 9.34. The van der Waals surface area contributed by atoms with Crippen molar-refractivity contribution in [2.75, 3.05) is 0 Å². The fraction of sp³-hybridized carbons (Fsp3) is 0.269. The highest BCUT2D eigenvalue weighted by Gasteiger charge is 2.19. The van der Waals surface area contributed by atoms with Crippen molar-refractivity contribution in [1.29, 1.82) is 0 Å². The molecule has 9 heteroatoms. The molecule has 0 radical (unpaired) electrons. The van der Waals surface area contributed by atoms with Gasteiger partial charge in [-0.3, -0.25) is 0 Å². The number of nitrogens with zero attached hydrogens (tertiary/aromatic N) is 3. The Hall–Kier alpha value is -2.41. The Morgan fingerprint density at radius 3 is 2.34 bits per heavy atom. The van der Waals surface area contributed by atoms with Gasteiger partial charge in [-0.25, -0.2) is 9.67 Å². The topological polar surface area (TPSA) is 64.8 Å². The van der Waals surface area contributed by atoms with Gasteiger partial charge < -0.3 is 0 Å². The van der Waals surface area contributed by atoms with Gasteiger partial charge in [0.2, 0.25) is 5.13 Å². The van der Waals surface area contributed by atoms with Gasteiger partial charge in [0, 0.05) is 22.6 Å². The van der Waals surface area contributed by atoms with Gasteiger partial charge in [0.15, 0.2) is 0 Å². The summed E-state index contributed by atoms with van der Waals surface area (Å²) in [6.45, 7) is 10.8. The summed E-state index contributed by atoms with van der Waals surface area (Å²) in [5, 5.41) is 7.14. The van der Waals surface area contributed by atoms with Crippen LogP contribution in [0.2, 0.25) is 10.0 Å². The van der Waals surface area contributed by atoms with Crippen LogP contribution in [0.15, 0.2) is 52.9 Å². The van der Waals surface area contributed by atoms with Gasteiger partial charge in [-0.2, -0.15) is 14.7 Å². The number of hydrogen-bond acceptors (Lipinski definition) is 6. The lowest BCUT2D eigenvalue weighted by molar-refractivity contribution is -0.191. The molecule has 35 heavy (non-hydrogen) atoms. The molecular formula is C26H25Cl2N3O2S2. The number of thiazole rings is 1. The molecule has 0 unspecified atom stereocenters. The van der Waals surface area contributed by atoms with Crippen molar-refractivity contribution in [3.8, 4) is 27.5 Å². The highest BCUT2D eigenvalue weighted by Crippen LogP contribution is 2.41. The largest absolute Gasteiger partial charge is 0.373 e. The summed E-state index contributed by atoms with van der Waals surface area (Å²) >= 11 is 15.9. The third-order valence-electron chi connectivity index (χ3n) is 5.08. The second-order valence-electron chi connectivity index (χ2n) is 8.36. The van der Waals surface area contributed by atoms with Gasteiger partial charge in [0.05, 0.1) is 25.6 Å². The molecule has 0 spiro atoms. The van der Waals surface area contributed by atoms with Crippen LogP contribution in [0, 0.1) is 6.92 Å². The Bertz CT molecular complexity index is 1360. The second-order valence-corrected chi connectivity index (χ2v) is 12.0. The van der Waals surface area contributed by atoms with E-state index in [1.165, 1.54) is 11.1 Å². The molecule has 5 nitrogen and oxygen atoms in total. The molecule has 0 aliphatic carbocycles. The van der Waals surface area contributed by atoms with Gasteiger partial charge in [-0.1, -0.05) is 92.6 Å². The van der Waals surface area contributed by atoms with E-state index in [1.54, 1.807) is 23.1 Å². The summed E-state index contributed by atoms with van der Waals surface area (Å²) < 4.78 is 3.04. The van der Waals surface area contributed by atoms with E-state index in [2.05, 4.69) is 58.2 Å². The van der Waals surface area contributed by atoms with Gasteiger partial charge >= 0.3 is 6.15 Å². The fourth-order valence-electron chi connectivity index (χ4n) is 3.42. The third kappa shape index (κ3) is 6.63. The van der Waals surface area contributed by atoms with Crippen molar-refractivity contribution in [2.24, 2.45) is 0 Å². The van der Waals surface area contributed by atoms with E-state index < -0.39 is 0 Å². The van der Waals surface area contributed by atoms with Crippen molar-refractivity contribution in [1.82, 2.24) is 14.8 Å². The third-order valence-corrected chi connectivity index (χ3v) is 8.08. The minimum Gasteiger partial charge on any atom is -0.217 e. The van der Waals surface area contributed by atoms with Crippen molar-refractivity contribution >= 4 is 52.5 Å². The number of carbonyl (C=O) groups excluding carboxylic acids is 2. The molecular weight excluding hydrogens is 521 g/mol. The number of thioether (sulfide) groups is 1. The lowest BCUT2D eigenvalue weighted by Crippen LogP contribution is -1.94. The van der Waals surface area contributed by atoms with Gasteiger partial charge in [-0.15, -0.1) is 11.8 Å². The first-order chi connectivity index (χ1) is 16.6. The predicted octanol–water partition coefficient (Wildman–Crippen LogP) is 8.32. The molecule has 0 N–H and O–H groups in total. The average Bonchev–Trinajstić information content (AvgIpc) is 3.39. The van der Waals surface area contributed by atoms with Crippen molar-refractivity contribution < 1.29 is 9.59 Å². The molecule has 4 rings (SSSR count). The van der Waals surface area contributed by atoms with Crippen molar-refractivity contribution in [3.05, 3.63) is 70.0 Å². The maximum Gasteiger partial charge on any atom is 0.373 e. The second kappa shape index (κ2) is 12.0. The van der Waals surface area contributed by atoms with Crippen molar-refractivity contribution in [2.45, 2.75) is 50.0 Å². The quantitative estimate of drug-likeness (QED) is 0.228. The molecule has 2 aromatic carbocycles. The summed E-state index contributed by atoms with van der Waals surface area (Å²) in [5.74, 6) is 0.480. The molecule has 0 fully saturated rings. The van der Waals surface area contributed by atoms with Gasteiger partial charge in [-0.05, 0) is 36.1 Å². The zero-order valence-electron chi connectivity index (χ0n) is 20.0. The first-order valence-electron chi connectivity index (χ1n) is 10.9. The molecule has 2 heterocycles. The Labute approximate surface area is 223 Å². The van der Waals surface area contributed by atoms with E-state index in [-0.39, 0.29) is 6.15 Å². The van der Waals surface area contributed by atoms with Gasteiger partial charge in [0.1, 0.15) is 0 Å². The van der Waals surface area contributed by atoms with E-state index in [4.69, 9.17) is 42.9 Å². The fourth-order valence-corrected chi connectivity index (χ4v) is 6.16. The minimum absolute atomic E-state index is 0.250. The van der Waals surface area contributed by atoms with E-state index in [9.17, 15) is 0 Å². The first kappa shape index (κ1) is 27.2. The Morgan fingerprint density at radius 2 is 1.71 bits per heavy atom. The van der Waals surface area contributed by atoms with Crippen LogP contribution in [0.25, 0.3) is 27.5 Å². The molecule has 0 atom stereocenters. The number of halogens is 2. The van der Waals surface area contributed by atoms with Crippen LogP contribution in [-0.2, 0) is 9.59 Å². The lowest BCUT2D eigenvalue weighted by Gasteiger charge is -2.07. The smallest absolute Gasteiger partial charge is 0.217 e. The molecule has 0 aliphatic heterocycles. The van der Waals surface area contributed by atoms with E-state index in [0.717, 1.165) is 31.9 Å². The first-order valence-corrected chi connectivity index (χ1v) is 13.4. The Morgan fingerprint density at radius 1 is 1.00 bits per heavy atom. The van der Waals surface area contributed by atoms with Crippen LogP contribution in [0.1, 0.15) is 44.9 Å². The number of benzene rings is 2. The minimum atomic E-state index is 0.250.